The third-order valence-corrected chi connectivity index (χ3v) is 5.31. The summed E-state index contributed by atoms with van der Waals surface area (Å²) >= 11 is 1.92. The fraction of sp³-hybridized carbons (Fsp3) is 0.917. The van der Waals surface area contributed by atoms with Crippen LogP contribution in [0.4, 0.5) is 0 Å². The van der Waals surface area contributed by atoms with Crippen LogP contribution in [0.1, 0.15) is 39.0 Å². The highest BCUT2D eigenvalue weighted by atomic mass is 32.2. The van der Waals surface area contributed by atoms with Crippen LogP contribution < -0.4 is 0 Å². The maximum Gasteiger partial charge on any atom is 0.159 e. The standard InChI is InChI=1S/C12H21BN2S/c1-12(13)7-5-4-6-9-10(8-12)16-11(14-2)15(9)3/h9-10H,4-8H2,1-3H3. The average Bonchev–Trinajstić information content (AvgIpc) is 2.47. The smallest absolute Gasteiger partial charge is 0.159 e. The predicted octanol–water partition coefficient (Wildman–Crippen LogP) is 2.70. The van der Waals surface area contributed by atoms with Crippen molar-refractivity contribution in [1.29, 1.82) is 0 Å². The van der Waals surface area contributed by atoms with Crippen molar-refractivity contribution >= 4 is 24.8 Å². The van der Waals surface area contributed by atoms with Gasteiger partial charge in [0.1, 0.15) is 0 Å². The van der Waals surface area contributed by atoms with Crippen molar-refractivity contribution < 1.29 is 0 Å². The van der Waals surface area contributed by atoms with Crippen LogP contribution in [0.3, 0.4) is 0 Å². The van der Waals surface area contributed by atoms with Gasteiger partial charge in [-0.2, -0.15) is 0 Å². The van der Waals surface area contributed by atoms with Gasteiger partial charge < -0.3 is 4.90 Å². The molecule has 1 saturated carbocycles. The Morgan fingerprint density at radius 3 is 2.94 bits per heavy atom. The highest BCUT2D eigenvalue weighted by molar-refractivity contribution is 8.14. The summed E-state index contributed by atoms with van der Waals surface area (Å²) in [6.45, 7) is 2.21. The summed E-state index contributed by atoms with van der Waals surface area (Å²) < 4.78 is 0. The van der Waals surface area contributed by atoms with Crippen molar-refractivity contribution in [3.8, 4) is 0 Å². The second-order valence-electron chi connectivity index (χ2n) is 5.44. The highest BCUT2D eigenvalue weighted by Crippen LogP contribution is 2.45. The van der Waals surface area contributed by atoms with Crippen molar-refractivity contribution in [2.75, 3.05) is 14.1 Å². The number of hydrogen-bond acceptors (Lipinski definition) is 2. The summed E-state index contributed by atoms with van der Waals surface area (Å²) in [5.41, 5.74) is 0. The minimum Gasteiger partial charge on any atom is -0.350 e. The lowest BCUT2D eigenvalue weighted by Gasteiger charge is -2.34. The first-order chi connectivity index (χ1) is 7.53. The molecule has 88 valence electrons. The molecule has 1 aliphatic carbocycles. The van der Waals surface area contributed by atoms with Gasteiger partial charge in [-0.15, -0.1) is 0 Å². The molecule has 1 saturated heterocycles. The third-order valence-electron chi connectivity index (χ3n) is 3.84. The predicted molar refractivity (Wildman–Crippen MR) is 73.5 cm³/mol. The summed E-state index contributed by atoms with van der Waals surface area (Å²) in [6, 6.07) is 0.645. The molecule has 1 aliphatic heterocycles. The summed E-state index contributed by atoms with van der Waals surface area (Å²) in [4.78, 5) is 6.72. The lowest BCUT2D eigenvalue weighted by molar-refractivity contribution is 0.296. The van der Waals surface area contributed by atoms with E-state index in [0.717, 1.165) is 6.42 Å². The van der Waals surface area contributed by atoms with Crippen molar-refractivity contribution in [3.63, 3.8) is 0 Å². The fourth-order valence-corrected chi connectivity index (χ4v) is 4.52. The molecular weight excluding hydrogens is 215 g/mol. The van der Waals surface area contributed by atoms with E-state index in [2.05, 4.69) is 23.9 Å². The molecule has 0 N–H and O–H groups in total. The van der Waals surface area contributed by atoms with E-state index in [1.165, 1.54) is 30.9 Å². The van der Waals surface area contributed by atoms with Crippen LogP contribution in [0.25, 0.3) is 0 Å². The van der Waals surface area contributed by atoms with Gasteiger partial charge in [-0.25, -0.2) is 0 Å². The zero-order valence-electron chi connectivity index (χ0n) is 10.6. The Balaban J connectivity index is 2.15. The zero-order valence-corrected chi connectivity index (χ0v) is 11.4. The molecule has 4 heteroatoms. The number of hydrogen-bond donors (Lipinski definition) is 0. The van der Waals surface area contributed by atoms with E-state index in [0.29, 0.717) is 11.3 Å². The van der Waals surface area contributed by atoms with Gasteiger partial charge in [-0.1, -0.05) is 43.3 Å². The number of aliphatic imine (C=N–C) groups is 1. The number of thioether (sulfide) groups is 1. The summed E-state index contributed by atoms with van der Waals surface area (Å²) in [5.74, 6) is 0. The van der Waals surface area contributed by atoms with Gasteiger partial charge in [0.15, 0.2) is 5.17 Å². The zero-order chi connectivity index (χ0) is 11.8. The molecule has 3 unspecified atom stereocenters. The van der Waals surface area contributed by atoms with Crippen LogP contribution >= 0.6 is 11.8 Å². The van der Waals surface area contributed by atoms with Crippen LogP contribution in [-0.4, -0.2) is 43.3 Å². The Bertz CT molecular complexity index is 291. The monoisotopic (exact) mass is 236 g/mol. The van der Waals surface area contributed by atoms with Gasteiger partial charge in [-0.3, -0.25) is 4.99 Å². The van der Waals surface area contributed by atoms with Gasteiger partial charge in [0.05, 0.1) is 7.85 Å². The molecule has 1 heterocycles. The Morgan fingerprint density at radius 2 is 2.25 bits per heavy atom. The van der Waals surface area contributed by atoms with E-state index in [1.54, 1.807) is 0 Å². The molecule has 2 fully saturated rings. The van der Waals surface area contributed by atoms with Crippen molar-refractivity contribution in [2.45, 2.75) is 55.6 Å². The Morgan fingerprint density at radius 1 is 1.50 bits per heavy atom. The quantitative estimate of drug-likeness (QED) is 0.601. The molecule has 0 aromatic heterocycles. The molecular formula is C12H21BN2S. The molecule has 0 bridgehead atoms. The minimum atomic E-state index is 0.0143. The lowest BCUT2D eigenvalue weighted by Crippen LogP contribution is -2.36. The number of rotatable bonds is 0. The molecule has 0 aromatic carbocycles. The second kappa shape index (κ2) is 4.63. The molecule has 0 spiro atoms. The van der Waals surface area contributed by atoms with E-state index in [9.17, 15) is 0 Å². The Labute approximate surface area is 105 Å². The second-order valence-corrected chi connectivity index (χ2v) is 6.65. The molecule has 2 radical (unpaired) electrons. The number of amidine groups is 1. The highest BCUT2D eigenvalue weighted by Gasteiger charge is 2.39. The third kappa shape index (κ3) is 2.42. The molecule has 16 heavy (non-hydrogen) atoms. The summed E-state index contributed by atoms with van der Waals surface area (Å²) in [5, 5.41) is 1.84. The van der Waals surface area contributed by atoms with Gasteiger partial charge in [0, 0.05) is 25.4 Å². The number of nitrogens with zero attached hydrogens (tertiary/aromatic N) is 2. The maximum atomic E-state index is 6.36. The molecule has 2 aliphatic rings. The summed E-state index contributed by atoms with van der Waals surface area (Å²) in [6.07, 6.45) is 6.15. The van der Waals surface area contributed by atoms with Crippen LogP contribution in [0.15, 0.2) is 4.99 Å². The summed E-state index contributed by atoms with van der Waals surface area (Å²) in [7, 11) is 10.4. The topological polar surface area (TPSA) is 15.6 Å². The van der Waals surface area contributed by atoms with Crippen LogP contribution in [0, 0.1) is 0 Å². The largest absolute Gasteiger partial charge is 0.350 e. The molecule has 0 aromatic rings. The first-order valence-corrected chi connectivity index (χ1v) is 7.06. The van der Waals surface area contributed by atoms with Crippen molar-refractivity contribution in [2.24, 2.45) is 4.99 Å². The minimum absolute atomic E-state index is 0.0143. The van der Waals surface area contributed by atoms with Crippen molar-refractivity contribution in [1.82, 2.24) is 4.90 Å². The van der Waals surface area contributed by atoms with E-state index in [-0.39, 0.29) is 5.31 Å². The molecule has 2 nitrogen and oxygen atoms in total. The number of fused-ring (bicyclic) bond motifs is 1. The van der Waals surface area contributed by atoms with Gasteiger partial charge >= 0.3 is 0 Å². The SMILES string of the molecule is [B]C1(C)CCCCC2C(C1)SC(=NC)N2C. The van der Waals surface area contributed by atoms with Crippen LogP contribution in [-0.2, 0) is 0 Å². The first-order valence-electron chi connectivity index (χ1n) is 6.19. The Kier molecular flexibility index (Phi) is 3.58. The first kappa shape index (κ1) is 12.3. The van der Waals surface area contributed by atoms with Gasteiger partial charge in [0.2, 0.25) is 0 Å². The van der Waals surface area contributed by atoms with E-state index >= 15 is 0 Å². The lowest BCUT2D eigenvalue weighted by atomic mass is 9.63. The van der Waals surface area contributed by atoms with Crippen LogP contribution in [0.2, 0.25) is 5.31 Å². The Hall–Kier alpha value is -0.115. The van der Waals surface area contributed by atoms with Gasteiger partial charge in [0.25, 0.3) is 0 Å². The fourth-order valence-electron chi connectivity index (χ4n) is 2.90. The van der Waals surface area contributed by atoms with E-state index < -0.39 is 0 Å². The normalized spacial score (nSPS) is 42.9. The van der Waals surface area contributed by atoms with E-state index in [1.807, 2.05) is 18.8 Å². The van der Waals surface area contributed by atoms with Gasteiger partial charge in [-0.05, 0) is 12.8 Å². The maximum absolute atomic E-state index is 6.36. The molecule has 3 atom stereocenters. The van der Waals surface area contributed by atoms with Crippen LogP contribution in [0.5, 0.6) is 0 Å². The average molecular weight is 236 g/mol. The van der Waals surface area contributed by atoms with E-state index in [4.69, 9.17) is 7.85 Å². The molecule has 2 rings (SSSR count). The van der Waals surface area contributed by atoms with Crippen molar-refractivity contribution in [3.05, 3.63) is 0 Å². The molecule has 0 amide bonds.